The summed E-state index contributed by atoms with van der Waals surface area (Å²) in [6.07, 6.45) is 0. The molecule has 0 spiro atoms. The number of rotatable bonds is 9. The average molecular weight is 792 g/mol. The van der Waals surface area contributed by atoms with Crippen molar-refractivity contribution in [1.29, 1.82) is 0 Å². The summed E-state index contributed by atoms with van der Waals surface area (Å²) in [4.78, 5) is 2.36. The minimum absolute atomic E-state index is 0.861. The second kappa shape index (κ2) is 16.1. The molecule has 0 saturated heterocycles. The lowest BCUT2D eigenvalue weighted by Crippen LogP contribution is -2.10. The molecule has 10 aromatic carbocycles. The van der Waals surface area contributed by atoms with Crippen molar-refractivity contribution in [3.05, 3.63) is 249 Å². The molecule has 0 aliphatic rings. The molecular weight excluding hydrogens is 751 g/mol. The van der Waals surface area contributed by atoms with E-state index in [9.17, 15) is 0 Å². The van der Waals surface area contributed by atoms with E-state index in [4.69, 9.17) is 4.42 Å². The van der Waals surface area contributed by atoms with Crippen LogP contribution in [0.3, 0.4) is 0 Å². The van der Waals surface area contributed by atoms with Gasteiger partial charge in [0.2, 0.25) is 0 Å². The zero-order valence-electron chi connectivity index (χ0n) is 34.0. The Morgan fingerprint density at radius 1 is 0.258 bits per heavy atom. The maximum atomic E-state index is 6.43. The van der Waals surface area contributed by atoms with E-state index in [1.807, 2.05) is 12.1 Å². The normalized spacial score (nSPS) is 11.2. The molecule has 0 radical (unpaired) electrons. The molecule has 11 aromatic rings. The van der Waals surface area contributed by atoms with Gasteiger partial charge < -0.3 is 9.32 Å². The second-order valence-corrected chi connectivity index (χ2v) is 15.6. The Kier molecular flexibility index (Phi) is 9.57. The van der Waals surface area contributed by atoms with E-state index < -0.39 is 0 Å². The van der Waals surface area contributed by atoms with Crippen LogP contribution in [0.4, 0.5) is 17.1 Å². The molecule has 0 saturated carbocycles. The summed E-state index contributed by atoms with van der Waals surface area (Å²) in [6.45, 7) is 0. The summed E-state index contributed by atoms with van der Waals surface area (Å²) < 4.78 is 6.43. The Labute approximate surface area is 362 Å². The van der Waals surface area contributed by atoms with E-state index in [2.05, 4.69) is 241 Å². The van der Waals surface area contributed by atoms with Gasteiger partial charge in [-0.15, -0.1) is 0 Å². The van der Waals surface area contributed by atoms with E-state index in [1.165, 1.54) is 55.6 Å². The predicted molar refractivity (Wildman–Crippen MR) is 261 cm³/mol. The number of para-hydroxylation sites is 1. The quantitative estimate of drug-likeness (QED) is 0.145. The van der Waals surface area contributed by atoms with E-state index in [0.29, 0.717) is 0 Å². The lowest BCUT2D eigenvalue weighted by atomic mass is 9.84. The van der Waals surface area contributed by atoms with Crippen molar-refractivity contribution >= 4 is 39.0 Å². The fourth-order valence-electron chi connectivity index (χ4n) is 8.96. The molecule has 0 atom stereocenters. The summed E-state index contributed by atoms with van der Waals surface area (Å²) in [5.74, 6) is 0. The Morgan fingerprint density at radius 3 is 1.24 bits per heavy atom. The first-order valence-electron chi connectivity index (χ1n) is 21.2. The van der Waals surface area contributed by atoms with Gasteiger partial charge in [-0.05, 0) is 109 Å². The molecule has 0 N–H and O–H groups in total. The fraction of sp³-hybridized carbons (Fsp3) is 0. The van der Waals surface area contributed by atoms with Crippen LogP contribution in [0.2, 0.25) is 0 Å². The van der Waals surface area contributed by atoms with Gasteiger partial charge in [-0.3, -0.25) is 0 Å². The highest BCUT2D eigenvalue weighted by atomic mass is 16.3. The smallest absolute Gasteiger partial charge is 0.137 e. The highest BCUT2D eigenvalue weighted by Gasteiger charge is 2.21. The molecule has 1 heterocycles. The maximum Gasteiger partial charge on any atom is 0.137 e. The van der Waals surface area contributed by atoms with Gasteiger partial charge in [-0.25, -0.2) is 0 Å². The third-order valence-electron chi connectivity index (χ3n) is 11.9. The minimum atomic E-state index is 0.861. The van der Waals surface area contributed by atoms with Crippen LogP contribution >= 0.6 is 0 Å². The summed E-state index contributed by atoms with van der Waals surface area (Å²) >= 11 is 0. The molecule has 62 heavy (non-hydrogen) atoms. The van der Waals surface area contributed by atoms with Crippen molar-refractivity contribution in [3.8, 4) is 66.8 Å². The van der Waals surface area contributed by atoms with Gasteiger partial charge >= 0.3 is 0 Å². The van der Waals surface area contributed by atoms with Crippen LogP contribution in [0.5, 0.6) is 0 Å². The van der Waals surface area contributed by atoms with Crippen molar-refractivity contribution in [2.75, 3.05) is 4.90 Å². The summed E-state index contributed by atoms with van der Waals surface area (Å²) in [5.41, 5.74) is 19.2. The van der Waals surface area contributed by atoms with E-state index in [1.54, 1.807) is 0 Å². The maximum absolute atomic E-state index is 6.43. The van der Waals surface area contributed by atoms with Crippen molar-refractivity contribution < 1.29 is 4.42 Å². The first-order valence-corrected chi connectivity index (χ1v) is 21.2. The highest BCUT2D eigenvalue weighted by Crippen LogP contribution is 2.46. The van der Waals surface area contributed by atoms with Crippen LogP contribution in [-0.2, 0) is 0 Å². The summed E-state index contributed by atoms with van der Waals surface area (Å²) in [7, 11) is 0. The van der Waals surface area contributed by atoms with Gasteiger partial charge in [-0.1, -0.05) is 206 Å². The number of hydrogen-bond acceptors (Lipinski definition) is 2. The zero-order valence-corrected chi connectivity index (χ0v) is 34.0. The Balaban J connectivity index is 1.04. The second-order valence-electron chi connectivity index (χ2n) is 15.6. The van der Waals surface area contributed by atoms with Gasteiger partial charge in [-0.2, -0.15) is 0 Å². The minimum Gasteiger partial charge on any atom is -0.456 e. The number of anilines is 3. The molecular formula is C60H41NO. The number of nitrogens with zero attached hydrogens (tertiary/aromatic N) is 1. The Bertz CT molecular complexity index is 3300. The summed E-state index contributed by atoms with van der Waals surface area (Å²) in [5, 5.41) is 2.18. The van der Waals surface area contributed by atoms with Crippen molar-refractivity contribution in [3.63, 3.8) is 0 Å². The van der Waals surface area contributed by atoms with E-state index in [0.717, 1.165) is 50.1 Å². The van der Waals surface area contributed by atoms with Crippen LogP contribution in [0, 0.1) is 0 Å². The lowest BCUT2D eigenvalue weighted by molar-refractivity contribution is 0.669. The third-order valence-corrected chi connectivity index (χ3v) is 11.9. The van der Waals surface area contributed by atoms with E-state index >= 15 is 0 Å². The van der Waals surface area contributed by atoms with Gasteiger partial charge in [0.1, 0.15) is 11.2 Å². The Hall–Kier alpha value is -8.20. The van der Waals surface area contributed by atoms with Crippen LogP contribution in [-0.4, -0.2) is 0 Å². The number of hydrogen-bond donors (Lipinski definition) is 0. The molecule has 2 heteroatoms. The van der Waals surface area contributed by atoms with Crippen LogP contribution in [0.25, 0.3) is 88.7 Å². The zero-order chi connectivity index (χ0) is 41.2. The van der Waals surface area contributed by atoms with Crippen molar-refractivity contribution in [2.45, 2.75) is 0 Å². The molecule has 0 fully saturated rings. The van der Waals surface area contributed by atoms with Gasteiger partial charge in [0, 0.05) is 16.8 Å². The van der Waals surface area contributed by atoms with Crippen molar-refractivity contribution in [1.82, 2.24) is 0 Å². The van der Waals surface area contributed by atoms with Gasteiger partial charge in [0.15, 0.2) is 0 Å². The first-order chi connectivity index (χ1) is 30.8. The lowest BCUT2D eigenvalue weighted by Gasteiger charge is -2.27. The van der Waals surface area contributed by atoms with Crippen LogP contribution < -0.4 is 4.90 Å². The largest absolute Gasteiger partial charge is 0.456 e. The molecule has 1 aromatic heterocycles. The number of furan rings is 1. The van der Waals surface area contributed by atoms with Gasteiger partial charge in [0.25, 0.3) is 0 Å². The average Bonchev–Trinajstić information content (AvgIpc) is 3.75. The van der Waals surface area contributed by atoms with E-state index in [-0.39, 0.29) is 0 Å². The third kappa shape index (κ3) is 6.84. The first kappa shape index (κ1) is 36.8. The topological polar surface area (TPSA) is 16.4 Å². The fourth-order valence-corrected chi connectivity index (χ4v) is 8.96. The highest BCUT2D eigenvalue weighted by molar-refractivity contribution is 6.13. The predicted octanol–water partition coefficient (Wildman–Crippen LogP) is 17.1. The number of benzene rings is 10. The Morgan fingerprint density at radius 2 is 0.645 bits per heavy atom. The molecule has 0 amide bonds. The van der Waals surface area contributed by atoms with Crippen LogP contribution in [0.15, 0.2) is 253 Å². The monoisotopic (exact) mass is 791 g/mol. The molecule has 0 aliphatic carbocycles. The molecule has 292 valence electrons. The SMILES string of the molecule is c1ccc(-c2ccc(-c3ccc(N(c4ccc(-c5cccc(-c6ccccc6)c5-c5ccccc5-c5ccccc5)cc4)c4cccc5oc6ccccc6c45)cc3)cc2)cc1. The number of fused-ring (bicyclic) bond motifs is 3. The van der Waals surface area contributed by atoms with Crippen molar-refractivity contribution in [2.24, 2.45) is 0 Å². The van der Waals surface area contributed by atoms with Gasteiger partial charge in [0.05, 0.1) is 11.1 Å². The van der Waals surface area contributed by atoms with Crippen LogP contribution in [0.1, 0.15) is 0 Å². The molecule has 11 rings (SSSR count). The summed E-state index contributed by atoms with van der Waals surface area (Å²) in [6, 6.07) is 89.0. The molecule has 0 unspecified atom stereocenters. The standard InChI is InChI=1S/C60H41NO/c1-4-16-42(17-5-1)43-30-32-44(33-31-43)45-34-38-49(39-35-45)61(56-27-15-29-58-60(56)55-24-12-13-28-57(55)62-58)50-40-36-48(37-41-50)53-26-14-25-52(47-20-8-3-9-21-47)59(53)54-23-11-10-22-51(54)46-18-6-2-7-19-46/h1-41H. The molecule has 0 bridgehead atoms. The molecule has 0 aliphatic heterocycles. The molecule has 2 nitrogen and oxygen atoms in total.